The normalized spacial score (nSPS) is 16.2. The zero-order chi connectivity index (χ0) is 22.7. The third kappa shape index (κ3) is 4.57. The van der Waals surface area contributed by atoms with E-state index in [2.05, 4.69) is 34.6 Å². The second-order valence-electron chi connectivity index (χ2n) is 8.03. The molecule has 2 amide bonds. The van der Waals surface area contributed by atoms with Gasteiger partial charge in [-0.2, -0.15) is 0 Å². The Kier molecular flexibility index (Phi) is 6.64. The van der Waals surface area contributed by atoms with Gasteiger partial charge in [0.2, 0.25) is 5.91 Å². The fourth-order valence-corrected chi connectivity index (χ4v) is 5.07. The van der Waals surface area contributed by atoms with E-state index in [1.165, 1.54) is 11.2 Å². The molecule has 4 rings (SSSR count). The number of nitrogens with zero attached hydrogens (tertiary/aromatic N) is 6. The smallest absolute Gasteiger partial charge is 0.253 e. The highest BCUT2D eigenvalue weighted by atomic mass is 32.1. The number of benzene rings is 1. The molecule has 168 valence electrons. The second kappa shape index (κ2) is 9.60. The topological polar surface area (TPSA) is 84.2 Å². The van der Waals surface area contributed by atoms with Crippen molar-refractivity contribution in [1.82, 2.24) is 30.0 Å². The Morgan fingerprint density at radius 3 is 2.66 bits per heavy atom. The highest BCUT2D eigenvalue weighted by Crippen LogP contribution is 2.31. The molecule has 0 aliphatic carbocycles. The molecule has 8 nitrogen and oxygen atoms in total. The Labute approximate surface area is 191 Å². The van der Waals surface area contributed by atoms with Crippen molar-refractivity contribution in [3.05, 3.63) is 47.1 Å². The maximum atomic E-state index is 13.5. The first-order valence-electron chi connectivity index (χ1n) is 11.0. The van der Waals surface area contributed by atoms with Crippen LogP contribution in [0.3, 0.4) is 0 Å². The zero-order valence-electron chi connectivity index (χ0n) is 18.7. The van der Waals surface area contributed by atoms with E-state index in [9.17, 15) is 9.59 Å². The standard InChI is InChI=1S/C23H28N6O2S/c1-4-27(5-2)22(30)17-7-6-10-28(14-17)23(31)19-11-18(21-9-8-16(3)32-21)12-20(13-19)29-15-24-25-26-29/h8-9,11-13,15,17H,4-7,10,14H2,1-3H3/t17-/m1/s1. The van der Waals surface area contributed by atoms with Gasteiger partial charge in [-0.05, 0) is 79.9 Å². The van der Waals surface area contributed by atoms with Crippen LogP contribution in [0.5, 0.6) is 0 Å². The number of piperidine rings is 1. The predicted molar refractivity (Wildman–Crippen MR) is 124 cm³/mol. The van der Waals surface area contributed by atoms with E-state index < -0.39 is 0 Å². The van der Waals surface area contributed by atoms with Crippen molar-refractivity contribution in [1.29, 1.82) is 0 Å². The Bertz CT molecular complexity index is 1090. The molecule has 0 saturated carbocycles. The molecule has 0 unspecified atom stereocenters. The number of thiophene rings is 1. The number of carbonyl (C=O) groups is 2. The van der Waals surface area contributed by atoms with Crippen LogP contribution >= 0.6 is 11.3 Å². The molecule has 0 radical (unpaired) electrons. The Morgan fingerprint density at radius 2 is 2.00 bits per heavy atom. The summed E-state index contributed by atoms with van der Waals surface area (Å²) in [4.78, 5) is 32.4. The van der Waals surface area contributed by atoms with Crippen LogP contribution in [-0.4, -0.2) is 68.0 Å². The number of hydrogen-bond donors (Lipinski definition) is 0. The molecule has 0 spiro atoms. The number of rotatable bonds is 6. The third-order valence-corrected chi connectivity index (χ3v) is 6.99. The first-order chi connectivity index (χ1) is 15.5. The van der Waals surface area contributed by atoms with E-state index in [-0.39, 0.29) is 17.7 Å². The molecular weight excluding hydrogens is 424 g/mol. The van der Waals surface area contributed by atoms with Gasteiger partial charge in [-0.3, -0.25) is 9.59 Å². The number of likely N-dealkylation sites (tertiary alicyclic amines) is 1. The van der Waals surface area contributed by atoms with Crippen molar-refractivity contribution < 1.29 is 9.59 Å². The number of carbonyl (C=O) groups excluding carboxylic acids is 2. The number of amides is 2. The predicted octanol–water partition coefficient (Wildman–Crippen LogP) is 3.42. The lowest BCUT2D eigenvalue weighted by Crippen LogP contribution is -2.46. The zero-order valence-corrected chi connectivity index (χ0v) is 19.5. The third-order valence-electron chi connectivity index (χ3n) is 5.94. The van der Waals surface area contributed by atoms with Gasteiger partial charge in [-0.1, -0.05) is 0 Å². The second-order valence-corrected chi connectivity index (χ2v) is 9.32. The van der Waals surface area contributed by atoms with Crippen LogP contribution in [0.15, 0.2) is 36.7 Å². The van der Waals surface area contributed by atoms with E-state index >= 15 is 0 Å². The van der Waals surface area contributed by atoms with Gasteiger partial charge in [0.05, 0.1) is 11.6 Å². The molecule has 1 saturated heterocycles. The van der Waals surface area contributed by atoms with Crippen LogP contribution in [0, 0.1) is 12.8 Å². The quantitative estimate of drug-likeness (QED) is 0.572. The maximum absolute atomic E-state index is 13.5. The molecule has 1 aromatic carbocycles. The molecule has 1 aliphatic heterocycles. The first kappa shape index (κ1) is 22.1. The minimum Gasteiger partial charge on any atom is -0.343 e. The van der Waals surface area contributed by atoms with Crippen LogP contribution < -0.4 is 0 Å². The van der Waals surface area contributed by atoms with E-state index in [0.29, 0.717) is 31.7 Å². The lowest BCUT2D eigenvalue weighted by atomic mass is 9.95. The molecule has 0 N–H and O–H groups in total. The van der Waals surface area contributed by atoms with Crippen molar-refractivity contribution in [2.24, 2.45) is 5.92 Å². The van der Waals surface area contributed by atoms with Gasteiger partial charge < -0.3 is 9.80 Å². The molecule has 3 heterocycles. The van der Waals surface area contributed by atoms with Crippen LogP contribution in [0.4, 0.5) is 0 Å². The average Bonchev–Trinajstić information content (AvgIpc) is 3.51. The van der Waals surface area contributed by atoms with E-state index in [1.807, 2.05) is 41.8 Å². The Hall–Kier alpha value is -3.07. The molecule has 2 aromatic heterocycles. The van der Waals surface area contributed by atoms with Crippen LogP contribution in [-0.2, 0) is 4.79 Å². The maximum Gasteiger partial charge on any atom is 0.253 e. The minimum absolute atomic E-state index is 0.0634. The average molecular weight is 453 g/mol. The minimum atomic E-state index is -0.144. The van der Waals surface area contributed by atoms with Gasteiger partial charge in [0.25, 0.3) is 5.91 Å². The molecule has 1 atom stereocenters. The van der Waals surface area contributed by atoms with Crippen molar-refractivity contribution >= 4 is 23.2 Å². The SMILES string of the molecule is CCN(CC)C(=O)[C@@H]1CCCN(C(=O)c2cc(-c3ccc(C)s3)cc(-n3cnnn3)c2)C1. The van der Waals surface area contributed by atoms with Crippen LogP contribution in [0.2, 0.25) is 0 Å². The van der Waals surface area contributed by atoms with Gasteiger partial charge in [0.15, 0.2) is 0 Å². The summed E-state index contributed by atoms with van der Waals surface area (Å²) in [6, 6.07) is 9.86. The van der Waals surface area contributed by atoms with Crippen LogP contribution in [0.25, 0.3) is 16.1 Å². The molecule has 0 bridgehead atoms. The lowest BCUT2D eigenvalue weighted by molar-refractivity contribution is -0.136. The number of aromatic nitrogens is 4. The van der Waals surface area contributed by atoms with Crippen molar-refractivity contribution in [2.75, 3.05) is 26.2 Å². The first-order valence-corrected chi connectivity index (χ1v) is 11.8. The van der Waals surface area contributed by atoms with Gasteiger partial charge in [0, 0.05) is 41.5 Å². The van der Waals surface area contributed by atoms with Crippen molar-refractivity contribution in [3.63, 3.8) is 0 Å². The monoisotopic (exact) mass is 452 g/mol. The molecular formula is C23H28N6O2S. The Morgan fingerprint density at radius 1 is 1.19 bits per heavy atom. The molecule has 3 aromatic rings. The van der Waals surface area contributed by atoms with Gasteiger partial charge in [0.1, 0.15) is 6.33 Å². The number of tetrazole rings is 1. The van der Waals surface area contributed by atoms with Crippen LogP contribution in [0.1, 0.15) is 41.9 Å². The van der Waals surface area contributed by atoms with E-state index in [4.69, 9.17) is 0 Å². The highest BCUT2D eigenvalue weighted by Gasteiger charge is 2.31. The summed E-state index contributed by atoms with van der Waals surface area (Å²) in [5.41, 5.74) is 2.26. The molecule has 32 heavy (non-hydrogen) atoms. The summed E-state index contributed by atoms with van der Waals surface area (Å²) < 4.78 is 1.56. The lowest BCUT2D eigenvalue weighted by Gasteiger charge is -2.34. The highest BCUT2D eigenvalue weighted by molar-refractivity contribution is 7.15. The van der Waals surface area contributed by atoms with E-state index in [1.54, 1.807) is 16.0 Å². The summed E-state index contributed by atoms with van der Waals surface area (Å²) in [7, 11) is 0. The van der Waals surface area contributed by atoms with Gasteiger partial charge >= 0.3 is 0 Å². The summed E-state index contributed by atoms with van der Waals surface area (Å²) in [5, 5.41) is 11.5. The summed E-state index contributed by atoms with van der Waals surface area (Å²) >= 11 is 1.68. The fraction of sp³-hybridized carbons (Fsp3) is 0.435. The summed E-state index contributed by atoms with van der Waals surface area (Å²) in [6.45, 7) is 8.54. The van der Waals surface area contributed by atoms with Gasteiger partial charge in [-0.15, -0.1) is 16.4 Å². The molecule has 1 fully saturated rings. The van der Waals surface area contributed by atoms with Crippen molar-refractivity contribution in [3.8, 4) is 16.1 Å². The van der Waals surface area contributed by atoms with E-state index in [0.717, 1.165) is 29.0 Å². The van der Waals surface area contributed by atoms with Crippen molar-refractivity contribution in [2.45, 2.75) is 33.6 Å². The number of aryl methyl sites for hydroxylation is 1. The molecule has 1 aliphatic rings. The molecule has 9 heteroatoms. The Balaban J connectivity index is 1.64. The summed E-state index contributed by atoms with van der Waals surface area (Å²) in [5.74, 6) is -0.0640. The fourth-order valence-electron chi connectivity index (χ4n) is 4.22. The number of hydrogen-bond acceptors (Lipinski definition) is 6. The van der Waals surface area contributed by atoms with Gasteiger partial charge in [-0.25, -0.2) is 4.68 Å². The largest absolute Gasteiger partial charge is 0.343 e. The summed E-state index contributed by atoms with van der Waals surface area (Å²) in [6.07, 6.45) is 3.17.